The predicted octanol–water partition coefficient (Wildman–Crippen LogP) is 4.14. The first kappa shape index (κ1) is 12.6. The van der Waals surface area contributed by atoms with Crippen molar-refractivity contribution in [3.05, 3.63) is 71.5 Å². The lowest BCUT2D eigenvalue weighted by Gasteiger charge is -2.08. The van der Waals surface area contributed by atoms with Gasteiger partial charge in [0.1, 0.15) is 5.69 Å². The lowest BCUT2D eigenvalue weighted by molar-refractivity contribution is 0.102. The van der Waals surface area contributed by atoms with Gasteiger partial charge in [0.05, 0.1) is 10.7 Å². The fraction of sp³-hybridized carbons (Fsp3) is 0. The second-order valence-electron chi connectivity index (χ2n) is 4.31. The average molecular weight is 283 g/mol. The fourth-order valence-corrected chi connectivity index (χ4v) is 2.23. The number of halogens is 1. The SMILES string of the molecule is O=C(Nc1ccccc1Cl)c1nccc2ccccc12. The molecule has 1 N–H and O–H groups in total. The van der Waals surface area contributed by atoms with Crippen molar-refractivity contribution in [2.75, 3.05) is 5.32 Å². The van der Waals surface area contributed by atoms with Gasteiger partial charge >= 0.3 is 0 Å². The summed E-state index contributed by atoms with van der Waals surface area (Å²) in [5, 5.41) is 5.08. The Morgan fingerprint density at radius 1 is 1.00 bits per heavy atom. The molecule has 20 heavy (non-hydrogen) atoms. The summed E-state index contributed by atoms with van der Waals surface area (Å²) in [5.41, 5.74) is 0.969. The lowest BCUT2D eigenvalue weighted by Crippen LogP contribution is -2.14. The van der Waals surface area contributed by atoms with E-state index in [9.17, 15) is 4.79 Å². The van der Waals surface area contributed by atoms with Crippen LogP contribution >= 0.6 is 11.6 Å². The third-order valence-corrected chi connectivity index (χ3v) is 3.34. The number of hydrogen-bond acceptors (Lipinski definition) is 2. The van der Waals surface area contributed by atoms with Crippen molar-refractivity contribution in [3.8, 4) is 0 Å². The van der Waals surface area contributed by atoms with Crippen LogP contribution in [0.2, 0.25) is 5.02 Å². The van der Waals surface area contributed by atoms with Crippen LogP contribution in [0.25, 0.3) is 10.8 Å². The Labute approximate surface area is 121 Å². The molecule has 3 rings (SSSR count). The number of para-hydroxylation sites is 1. The molecule has 0 fully saturated rings. The molecule has 1 heterocycles. The Morgan fingerprint density at radius 3 is 2.60 bits per heavy atom. The molecule has 0 aliphatic rings. The van der Waals surface area contributed by atoms with Gasteiger partial charge in [0.2, 0.25) is 0 Å². The largest absolute Gasteiger partial charge is 0.319 e. The summed E-state index contributed by atoms with van der Waals surface area (Å²) in [6, 6.07) is 16.6. The second kappa shape index (κ2) is 5.31. The minimum Gasteiger partial charge on any atom is -0.319 e. The normalized spacial score (nSPS) is 10.4. The molecule has 98 valence electrons. The number of fused-ring (bicyclic) bond motifs is 1. The molecule has 0 radical (unpaired) electrons. The standard InChI is InChI=1S/C16H11ClN2O/c17-13-7-3-4-8-14(13)19-16(20)15-12-6-2-1-5-11(12)9-10-18-15/h1-10H,(H,19,20). The molecule has 3 nitrogen and oxygen atoms in total. The van der Waals surface area contributed by atoms with Gasteiger partial charge in [0.15, 0.2) is 0 Å². The van der Waals surface area contributed by atoms with E-state index in [0.717, 1.165) is 10.8 Å². The smallest absolute Gasteiger partial charge is 0.274 e. The van der Waals surface area contributed by atoms with Crippen molar-refractivity contribution in [2.45, 2.75) is 0 Å². The fourth-order valence-electron chi connectivity index (χ4n) is 2.04. The van der Waals surface area contributed by atoms with Crippen LogP contribution in [0.5, 0.6) is 0 Å². The summed E-state index contributed by atoms with van der Waals surface area (Å²) < 4.78 is 0. The van der Waals surface area contributed by atoms with E-state index in [2.05, 4.69) is 10.3 Å². The first-order chi connectivity index (χ1) is 9.75. The zero-order chi connectivity index (χ0) is 13.9. The van der Waals surface area contributed by atoms with Crippen LogP contribution in [-0.2, 0) is 0 Å². The number of aromatic nitrogens is 1. The zero-order valence-corrected chi connectivity index (χ0v) is 11.3. The number of anilines is 1. The second-order valence-corrected chi connectivity index (χ2v) is 4.72. The number of nitrogens with zero attached hydrogens (tertiary/aromatic N) is 1. The van der Waals surface area contributed by atoms with Gasteiger partial charge in [0.25, 0.3) is 5.91 Å². The van der Waals surface area contributed by atoms with E-state index < -0.39 is 0 Å². The Kier molecular flexibility index (Phi) is 3.35. The lowest BCUT2D eigenvalue weighted by atomic mass is 10.1. The maximum absolute atomic E-state index is 12.3. The number of carbonyl (C=O) groups is 1. The molecule has 0 spiro atoms. The summed E-state index contributed by atoms with van der Waals surface area (Å²) in [7, 11) is 0. The molecule has 0 aliphatic carbocycles. The number of benzene rings is 2. The number of hydrogen-bond donors (Lipinski definition) is 1. The molecule has 0 atom stereocenters. The van der Waals surface area contributed by atoms with E-state index >= 15 is 0 Å². The van der Waals surface area contributed by atoms with Crippen LogP contribution < -0.4 is 5.32 Å². The van der Waals surface area contributed by atoms with Crippen molar-refractivity contribution in [1.29, 1.82) is 0 Å². The summed E-state index contributed by atoms with van der Waals surface area (Å²) in [6.07, 6.45) is 1.63. The first-order valence-corrected chi connectivity index (χ1v) is 6.53. The topological polar surface area (TPSA) is 42.0 Å². The molecule has 1 aromatic heterocycles. The Balaban J connectivity index is 1.99. The Morgan fingerprint density at radius 2 is 1.75 bits per heavy atom. The molecular formula is C16H11ClN2O. The Hall–Kier alpha value is -2.39. The number of amides is 1. The van der Waals surface area contributed by atoms with Crippen LogP contribution in [0.15, 0.2) is 60.8 Å². The van der Waals surface area contributed by atoms with Gasteiger partial charge in [-0.05, 0) is 23.6 Å². The molecule has 4 heteroatoms. The molecular weight excluding hydrogens is 272 g/mol. The number of rotatable bonds is 2. The number of nitrogens with one attached hydrogen (secondary N) is 1. The van der Waals surface area contributed by atoms with Crippen molar-refractivity contribution < 1.29 is 4.79 Å². The third kappa shape index (κ3) is 2.36. The van der Waals surface area contributed by atoms with Crippen LogP contribution in [-0.4, -0.2) is 10.9 Å². The zero-order valence-electron chi connectivity index (χ0n) is 10.5. The van der Waals surface area contributed by atoms with Crippen molar-refractivity contribution in [2.24, 2.45) is 0 Å². The Bertz CT molecular complexity index is 781. The van der Waals surface area contributed by atoms with Gasteiger partial charge in [-0.3, -0.25) is 9.78 Å². The van der Waals surface area contributed by atoms with E-state index in [-0.39, 0.29) is 5.91 Å². The van der Waals surface area contributed by atoms with E-state index in [1.165, 1.54) is 0 Å². The highest BCUT2D eigenvalue weighted by Crippen LogP contribution is 2.22. The van der Waals surface area contributed by atoms with Gasteiger partial charge in [-0.25, -0.2) is 0 Å². The maximum Gasteiger partial charge on any atom is 0.274 e. The molecule has 0 saturated heterocycles. The van der Waals surface area contributed by atoms with Gasteiger partial charge in [-0.2, -0.15) is 0 Å². The molecule has 1 amide bonds. The van der Waals surface area contributed by atoms with Gasteiger partial charge in [-0.15, -0.1) is 0 Å². The highest BCUT2D eigenvalue weighted by Gasteiger charge is 2.12. The maximum atomic E-state index is 12.3. The van der Waals surface area contributed by atoms with Crippen molar-refractivity contribution in [3.63, 3.8) is 0 Å². The molecule has 0 bridgehead atoms. The third-order valence-electron chi connectivity index (χ3n) is 3.01. The number of carbonyl (C=O) groups excluding carboxylic acids is 1. The van der Waals surface area contributed by atoms with E-state index in [1.807, 2.05) is 42.5 Å². The monoisotopic (exact) mass is 282 g/mol. The average Bonchev–Trinajstić information content (AvgIpc) is 2.49. The molecule has 0 saturated carbocycles. The molecule has 2 aromatic carbocycles. The highest BCUT2D eigenvalue weighted by atomic mass is 35.5. The summed E-state index contributed by atoms with van der Waals surface area (Å²) >= 11 is 6.04. The number of pyridine rings is 1. The van der Waals surface area contributed by atoms with E-state index in [0.29, 0.717) is 16.4 Å². The molecule has 0 aliphatic heterocycles. The van der Waals surface area contributed by atoms with E-state index in [4.69, 9.17) is 11.6 Å². The van der Waals surface area contributed by atoms with Crippen LogP contribution in [0.4, 0.5) is 5.69 Å². The summed E-state index contributed by atoms with van der Waals surface area (Å²) in [5.74, 6) is -0.269. The first-order valence-electron chi connectivity index (χ1n) is 6.15. The van der Waals surface area contributed by atoms with Gasteiger partial charge in [0, 0.05) is 11.6 Å². The van der Waals surface area contributed by atoms with Crippen LogP contribution in [0.3, 0.4) is 0 Å². The minimum absolute atomic E-state index is 0.269. The minimum atomic E-state index is -0.269. The molecule has 0 unspecified atom stereocenters. The van der Waals surface area contributed by atoms with Gasteiger partial charge < -0.3 is 5.32 Å². The van der Waals surface area contributed by atoms with Crippen molar-refractivity contribution in [1.82, 2.24) is 4.98 Å². The van der Waals surface area contributed by atoms with Gasteiger partial charge in [-0.1, -0.05) is 48.0 Å². The predicted molar refractivity (Wildman–Crippen MR) is 81.1 cm³/mol. The summed E-state index contributed by atoms with van der Waals surface area (Å²) in [6.45, 7) is 0. The van der Waals surface area contributed by atoms with Crippen molar-refractivity contribution >= 4 is 34.0 Å². The van der Waals surface area contributed by atoms with Crippen LogP contribution in [0.1, 0.15) is 10.5 Å². The quantitative estimate of drug-likeness (QED) is 0.767. The van der Waals surface area contributed by atoms with E-state index in [1.54, 1.807) is 18.3 Å². The summed E-state index contributed by atoms with van der Waals surface area (Å²) in [4.78, 5) is 16.5. The highest BCUT2D eigenvalue weighted by molar-refractivity contribution is 6.34. The van der Waals surface area contributed by atoms with Crippen LogP contribution in [0, 0.1) is 0 Å². The molecule has 3 aromatic rings.